The van der Waals surface area contributed by atoms with Gasteiger partial charge in [-0.05, 0) is 45.1 Å². The lowest BCUT2D eigenvalue weighted by atomic mass is 9.74. The highest BCUT2D eigenvalue weighted by Crippen LogP contribution is 2.40. The summed E-state index contributed by atoms with van der Waals surface area (Å²) in [6, 6.07) is 2.37. The van der Waals surface area contributed by atoms with E-state index in [9.17, 15) is 18.0 Å². The molecule has 8 heteroatoms. The van der Waals surface area contributed by atoms with E-state index in [0.717, 1.165) is 31.5 Å². The molecule has 1 saturated heterocycles. The van der Waals surface area contributed by atoms with Gasteiger partial charge in [0.25, 0.3) is 0 Å². The molecule has 1 saturated carbocycles. The van der Waals surface area contributed by atoms with E-state index in [1.54, 1.807) is 6.92 Å². The average Bonchev–Trinajstić information content (AvgIpc) is 2.55. The predicted octanol–water partition coefficient (Wildman–Crippen LogP) is 3.43. The largest absolute Gasteiger partial charge is 0.490 e. The molecule has 0 bridgehead atoms. The van der Waals surface area contributed by atoms with E-state index in [2.05, 4.69) is 9.88 Å². The van der Waals surface area contributed by atoms with Gasteiger partial charge in [-0.3, -0.25) is 14.7 Å². The Morgan fingerprint density at radius 1 is 1.35 bits per heavy atom. The molecular formula is C18H23F3N2O3. The van der Waals surface area contributed by atoms with Crippen LogP contribution in [0.25, 0.3) is 0 Å². The van der Waals surface area contributed by atoms with Gasteiger partial charge in [0.15, 0.2) is 0 Å². The number of ether oxygens (including phenoxy) is 2. The van der Waals surface area contributed by atoms with Gasteiger partial charge in [0.05, 0.1) is 6.61 Å². The van der Waals surface area contributed by atoms with Gasteiger partial charge in [0, 0.05) is 25.4 Å². The number of likely N-dealkylation sites (tertiary alicyclic amines) is 1. The highest BCUT2D eigenvalue weighted by molar-refractivity contribution is 5.82. The first-order valence-electron chi connectivity index (χ1n) is 8.97. The van der Waals surface area contributed by atoms with Gasteiger partial charge in [-0.2, -0.15) is 13.2 Å². The Balaban J connectivity index is 1.58. The summed E-state index contributed by atoms with van der Waals surface area (Å²) in [4.78, 5) is 17.8. The molecule has 0 unspecified atom stereocenters. The molecule has 0 radical (unpaired) electrons. The summed E-state index contributed by atoms with van der Waals surface area (Å²) in [6.07, 6.45) is 0.375. The lowest BCUT2D eigenvalue weighted by Crippen LogP contribution is -2.62. The number of rotatable bonds is 5. The third-order valence-corrected chi connectivity index (χ3v) is 5.21. The number of carbonyl (C=O) groups excluding carboxylic acids is 1. The number of hydrogen-bond donors (Lipinski definition) is 0. The van der Waals surface area contributed by atoms with Crippen LogP contribution in [0.5, 0.6) is 5.75 Å². The molecular weight excluding hydrogens is 349 g/mol. The molecule has 0 amide bonds. The zero-order valence-electron chi connectivity index (χ0n) is 14.7. The quantitative estimate of drug-likeness (QED) is 0.742. The van der Waals surface area contributed by atoms with Crippen molar-refractivity contribution in [3.8, 4) is 5.75 Å². The molecule has 2 fully saturated rings. The van der Waals surface area contributed by atoms with E-state index in [-0.39, 0.29) is 17.8 Å². The van der Waals surface area contributed by atoms with Crippen LogP contribution in [0.4, 0.5) is 13.2 Å². The lowest BCUT2D eigenvalue weighted by molar-refractivity contribution is -0.167. The maximum Gasteiger partial charge on any atom is 0.433 e. The minimum absolute atomic E-state index is 0.158. The van der Waals surface area contributed by atoms with Gasteiger partial charge < -0.3 is 9.47 Å². The first-order chi connectivity index (χ1) is 12.3. The van der Waals surface area contributed by atoms with Gasteiger partial charge in [-0.15, -0.1) is 0 Å². The van der Waals surface area contributed by atoms with E-state index in [1.165, 1.54) is 6.07 Å². The Bertz CT molecular complexity index is 639. The standard InChI is InChI=1S/C18H23F3N2O3/c1-2-25-16(24)17(7-3-8-17)23-10-5-13(6-11-23)26-14-4-9-22-15(12-14)18(19,20)21/h4,9,12-13H,2-3,5-8,10-11H2,1H3. The van der Waals surface area contributed by atoms with Crippen LogP contribution in [-0.2, 0) is 15.7 Å². The first-order valence-corrected chi connectivity index (χ1v) is 8.97. The minimum atomic E-state index is -4.49. The fourth-order valence-electron chi connectivity index (χ4n) is 3.66. The van der Waals surface area contributed by atoms with Gasteiger partial charge in [0.1, 0.15) is 23.1 Å². The number of carbonyl (C=O) groups is 1. The topological polar surface area (TPSA) is 51.7 Å². The number of nitrogens with zero attached hydrogens (tertiary/aromatic N) is 2. The molecule has 144 valence electrons. The van der Waals surface area contributed by atoms with Crippen molar-refractivity contribution in [1.82, 2.24) is 9.88 Å². The number of piperidine rings is 1. The predicted molar refractivity (Wildman–Crippen MR) is 87.7 cm³/mol. The molecule has 1 aromatic heterocycles. The molecule has 2 aliphatic rings. The van der Waals surface area contributed by atoms with Crippen molar-refractivity contribution in [1.29, 1.82) is 0 Å². The van der Waals surface area contributed by atoms with Crippen LogP contribution in [0.1, 0.15) is 44.7 Å². The van der Waals surface area contributed by atoms with E-state index < -0.39 is 17.4 Å². The summed E-state index contributed by atoms with van der Waals surface area (Å²) in [5.74, 6) is 0.0177. The summed E-state index contributed by atoms with van der Waals surface area (Å²) < 4.78 is 49.2. The molecule has 1 aliphatic heterocycles. The Hall–Kier alpha value is -1.83. The van der Waals surface area contributed by atoms with Crippen molar-refractivity contribution in [2.45, 2.75) is 56.8 Å². The summed E-state index contributed by atoms with van der Waals surface area (Å²) >= 11 is 0. The Kier molecular flexibility index (Phi) is 5.41. The molecule has 26 heavy (non-hydrogen) atoms. The highest BCUT2D eigenvalue weighted by atomic mass is 19.4. The van der Waals surface area contributed by atoms with Crippen molar-refractivity contribution < 1.29 is 27.4 Å². The molecule has 2 heterocycles. The maximum atomic E-state index is 12.7. The van der Waals surface area contributed by atoms with Crippen molar-refractivity contribution in [3.63, 3.8) is 0 Å². The molecule has 1 aromatic rings. The van der Waals surface area contributed by atoms with Crippen molar-refractivity contribution in [2.75, 3.05) is 19.7 Å². The smallest absolute Gasteiger partial charge is 0.433 e. The van der Waals surface area contributed by atoms with Gasteiger partial charge >= 0.3 is 12.1 Å². The second-order valence-electron chi connectivity index (χ2n) is 6.78. The number of alkyl halides is 3. The highest BCUT2D eigenvalue weighted by Gasteiger charge is 2.51. The fraction of sp³-hybridized carbons (Fsp3) is 0.667. The van der Waals surface area contributed by atoms with E-state index in [1.807, 2.05) is 0 Å². The van der Waals surface area contributed by atoms with Crippen LogP contribution in [0.2, 0.25) is 0 Å². The zero-order valence-corrected chi connectivity index (χ0v) is 14.7. The van der Waals surface area contributed by atoms with Gasteiger partial charge in [0.2, 0.25) is 0 Å². The number of aromatic nitrogens is 1. The second kappa shape index (κ2) is 7.42. The molecule has 0 spiro atoms. The second-order valence-corrected chi connectivity index (χ2v) is 6.78. The molecule has 0 aromatic carbocycles. The Morgan fingerprint density at radius 3 is 2.58 bits per heavy atom. The molecule has 0 atom stereocenters. The van der Waals surface area contributed by atoms with Crippen molar-refractivity contribution >= 4 is 5.97 Å². The Labute approximate surface area is 150 Å². The summed E-state index contributed by atoms with van der Waals surface area (Å²) in [6.45, 7) is 3.50. The molecule has 1 aliphatic carbocycles. The normalized spacial score (nSPS) is 21.1. The van der Waals surface area contributed by atoms with Crippen molar-refractivity contribution in [2.24, 2.45) is 0 Å². The van der Waals surface area contributed by atoms with E-state index >= 15 is 0 Å². The monoisotopic (exact) mass is 372 g/mol. The van der Waals surface area contributed by atoms with Gasteiger partial charge in [-0.25, -0.2) is 0 Å². The number of esters is 1. The maximum absolute atomic E-state index is 12.7. The third kappa shape index (κ3) is 3.79. The van der Waals surface area contributed by atoms with Gasteiger partial charge in [-0.1, -0.05) is 0 Å². The summed E-state index contributed by atoms with van der Waals surface area (Å²) in [7, 11) is 0. The minimum Gasteiger partial charge on any atom is -0.490 e. The SMILES string of the molecule is CCOC(=O)C1(N2CCC(Oc3ccnc(C(F)(F)F)c3)CC2)CCC1. The molecule has 5 nitrogen and oxygen atoms in total. The molecule has 0 N–H and O–H groups in total. The Morgan fingerprint density at radius 2 is 2.04 bits per heavy atom. The van der Waals surface area contributed by atoms with Crippen molar-refractivity contribution in [3.05, 3.63) is 24.0 Å². The van der Waals surface area contributed by atoms with Crippen LogP contribution in [-0.4, -0.2) is 47.2 Å². The number of pyridine rings is 1. The number of hydrogen-bond acceptors (Lipinski definition) is 5. The summed E-state index contributed by atoms with van der Waals surface area (Å²) in [5.41, 5.74) is -1.47. The van der Waals surface area contributed by atoms with Crippen LogP contribution in [0, 0.1) is 0 Å². The zero-order chi connectivity index (χ0) is 18.8. The van der Waals surface area contributed by atoms with Crippen LogP contribution < -0.4 is 4.74 Å². The number of halogens is 3. The van der Waals surface area contributed by atoms with Crippen LogP contribution in [0.3, 0.4) is 0 Å². The lowest BCUT2D eigenvalue weighted by Gasteiger charge is -2.50. The van der Waals surface area contributed by atoms with E-state index in [0.29, 0.717) is 32.5 Å². The van der Waals surface area contributed by atoms with Crippen LogP contribution >= 0.6 is 0 Å². The first kappa shape index (κ1) is 18.9. The fourth-order valence-corrected chi connectivity index (χ4v) is 3.66. The molecule has 3 rings (SSSR count). The van der Waals surface area contributed by atoms with Crippen LogP contribution in [0.15, 0.2) is 18.3 Å². The van der Waals surface area contributed by atoms with E-state index in [4.69, 9.17) is 9.47 Å². The third-order valence-electron chi connectivity index (χ3n) is 5.21. The summed E-state index contributed by atoms with van der Waals surface area (Å²) in [5, 5.41) is 0. The average molecular weight is 372 g/mol.